The van der Waals surface area contributed by atoms with E-state index in [1.54, 1.807) is 0 Å². The highest BCUT2D eigenvalue weighted by Gasteiger charge is 2.19. The second-order valence-electron chi connectivity index (χ2n) is 4.98. The molecule has 0 spiro atoms. The molecule has 1 saturated heterocycles. The van der Waals surface area contributed by atoms with Gasteiger partial charge in [-0.1, -0.05) is 38.1 Å². The summed E-state index contributed by atoms with van der Waals surface area (Å²) in [5.74, 6) is 0.542. The second-order valence-corrected chi connectivity index (χ2v) is 4.98. The summed E-state index contributed by atoms with van der Waals surface area (Å²) in [5, 5.41) is 13.6. The number of benzene rings is 1. The van der Waals surface area contributed by atoms with Crippen molar-refractivity contribution in [3.63, 3.8) is 0 Å². The Labute approximate surface area is 103 Å². The fourth-order valence-electron chi connectivity index (χ4n) is 2.19. The molecule has 2 N–H and O–H groups in total. The summed E-state index contributed by atoms with van der Waals surface area (Å²) in [4.78, 5) is 2.11. The molecule has 1 aromatic carbocycles. The van der Waals surface area contributed by atoms with Gasteiger partial charge in [-0.2, -0.15) is 0 Å². The number of nitrogens with one attached hydrogen (secondary N) is 1. The zero-order valence-corrected chi connectivity index (χ0v) is 10.7. The van der Waals surface area contributed by atoms with Crippen LogP contribution in [0, 0.1) is 0 Å². The van der Waals surface area contributed by atoms with Gasteiger partial charge in [0.2, 0.25) is 0 Å². The number of rotatable bonds is 3. The lowest BCUT2D eigenvalue weighted by molar-refractivity contribution is -0.00546. The van der Waals surface area contributed by atoms with Crippen LogP contribution in [-0.4, -0.2) is 36.2 Å². The second kappa shape index (κ2) is 5.63. The minimum Gasteiger partial charge on any atom is -0.374 e. The maximum atomic E-state index is 10.3. The van der Waals surface area contributed by atoms with E-state index in [9.17, 15) is 5.11 Å². The van der Waals surface area contributed by atoms with Crippen LogP contribution in [0.5, 0.6) is 0 Å². The number of hydrogen-bond acceptors (Lipinski definition) is 3. The first-order chi connectivity index (χ1) is 8.18. The van der Waals surface area contributed by atoms with Crippen molar-refractivity contribution in [3.8, 4) is 0 Å². The zero-order valence-electron chi connectivity index (χ0n) is 10.7. The quantitative estimate of drug-likeness (QED) is 0.835. The summed E-state index contributed by atoms with van der Waals surface area (Å²) in [6, 6.07) is 8.32. The van der Waals surface area contributed by atoms with E-state index in [1.807, 2.05) is 12.1 Å². The number of hydrogen-bond donors (Lipinski definition) is 2. The summed E-state index contributed by atoms with van der Waals surface area (Å²) in [6.45, 7) is 8.10. The van der Waals surface area contributed by atoms with Crippen molar-refractivity contribution in [2.45, 2.75) is 26.0 Å². The number of piperazine rings is 1. The summed E-state index contributed by atoms with van der Waals surface area (Å²) >= 11 is 0. The monoisotopic (exact) mass is 234 g/mol. The third-order valence-corrected chi connectivity index (χ3v) is 3.40. The van der Waals surface area contributed by atoms with Crippen molar-refractivity contribution < 1.29 is 5.11 Å². The van der Waals surface area contributed by atoms with Crippen LogP contribution in [0.25, 0.3) is 0 Å². The van der Waals surface area contributed by atoms with Crippen molar-refractivity contribution >= 4 is 0 Å². The molecule has 1 aromatic rings. The molecule has 3 nitrogen and oxygen atoms in total. The summed E-state index contributed by atoms with van der Waals surface area (Å²) in [5.41, 5.74) is 2.32. The van der Waals surface area contributed by atoms with E-state index >= 15 is 0 Å². The van der Waals surface area contributed by atoms with Crippen LogP contribution in [0.15, 0.2) is 24.3 Å². The van der Waals surface area contributed by atoms with Gasteiger partial charge in [-0.05, 0) is 17.0 Å². The fourth-order valence-corrected chi connectivity index (χ4v) is 2.19. The van der Waals surface area contributed by atoms with E-state index in [4.69, 9.17) is 0 Å². The zero-order chi connectivity index (χ0) is 12.3. The van der Waals surface area contributed by atoms with Crippen molar-refractivity contribution in [2.75, 3.05) is 26.2 Å². The molecular weight excluding hydrogens is 212 g/mol. The number of nitrogens with zero attached hydrogens (tertiary/aromatic N) is 1. The minimum absolute atomic E-state index is 0.460. The average Bonchev–Trinajstić information content (AvgIpc) is 2.39. The Bertz CT molecular complexity index is 342. The molecule has 0 bridgehead atoms. The van der Waals surface area contributed by atoms with Crippen LogP contribution in [0.2, 0.25) is 0 Å². The Hall–Kier alpha value is -0.900. The third-order valence-electron chi connectivity index (χ3n) is 3.40. The number of aliphatic hydroxyl groups excluding tert-OH is 1. The third kappa shape index (κ3) is 3.06. The van der Waals surface area contributed by atoms with Crippen LogP contribution in [0.4, 0.5) is 0 Å². The van der Waals surface area contributed by atoms with E-state index in [1.165, 1.54) is 5.56 Å². The van der Waals surface area contributed by atoms with E-state index in [0.717, 1.165) is 31.7 Å². The topological polar surface area (TPSA) is 35.5 Å². The highest BCUT2D eigenvalue weighted by atomic mass is 16.3. The maximum Gasteiger partial charge on any atom is 0.133 e. The molecule has 94 valence electrons. The molecule has 1 fully saturated rings. The molecule has 17 heavy (non-hydrogen) atoms. The molecule has 0 aliphatic carbocycles. The van der Waals surface area contributed by atoms with Gasteiger partial charge >= 0.3 is 0 Å². The van der Waals surface area contributed by atoms with E-state index in [2.05, 4.69) is 36.2 Å². The Kier molecular flexibility index (Phi) is 4.15. The van der Waals surface area contributed by atoms with Crippen LogP contribution < -0.4 is 5.32 Å². The lowest BCUT2D eigenvalue weighted by atomic mass is 10.0. The first kappa shape index (κ1) is 12.6. The minimum atomic E-state index is -0.460. The van der Waals surface area contributed by atoms with Gasteiger partial charge in [-0.3, -0.25) is 4.90 Å². The summed E-state index contributed by atoms with van der Waals surface area (Å²) in [7, 11) is 0. The molecule has 0 aromatic heterocycles. The largest absolute Gasteiger partial charge is 0.374 e. The SMILES string of the molecule is CC(C)c1ccc(C(O)N2CCNCC2)cc1. The highest BCUT2D eigenvalue weighted by Crippen LogP contribution is 2.21. The average molecular weight is 234 g/mol. The van der Waals surface area contributed by atoms with E-state index in [-0.39, 0.29) is 0 Å². The highest BCUT2D eigenvalue weighted by molar-refractivity contribution is 5.25. The first-order valence-electron chi connectivity index (χ1n) is 6.41. The van der Waals surface area contributed by atoms with E-state index in [0.29, 0.717) is 5.92 Å². The Morgan fingerprint density at radius 1 is 1.06 bits per heavy atom. The van der Waals surface area contributed by atoms with Gasteiger partial charge in [0.1, 0.15) is 6.23 Å². The standard InChI is InChI=1S/C14H22N2O/c1-11(2)12-3-5-13(6-4-12)14(17)16-9-7-15-8-10-16/h3-6,11,14-15,17H,7-10H2,1-2H3. The van der Waals surface area contributed by atoms with Gasteiger partial charge in [0, 0.05) is 26.2 Å². The maximum absolute atomic E-state index is 10.3. The molecule has 0 radical (unpaired) electrons. The van der Waals surface area contributed by atoms with Crippen LogP contribution in [0.3, 0.4) is 0 Å². The molecular formula is C14H22N2O. The van der Waals surface area contributed by atoms with Crippen LogP contribution in [0.1, 0.15) is 37.1 Å². The predicted molar refractivity (Wildman–Crippen MR) is 69.9 cm³/mol. The molecule has 0 amide bonds. The molecule has 0 saturated carbocycles. The first-order valence-corrected chi connectivity index (χ1v) is 6.41. The van der Waals surface area contributed by atoms with Crippen molar-refractivity contribution in [1.82, 2.24) is 10.2 Å². The molecule has 1 heterocycles. The van der Waals surface area contributed by atoms with Crippen molar-refractivity contribution in [1.29, 1.82) is 0 Å². The Morgan fingerprint density at radius 2 is 1.59 bits per heavy atom. The fraction of sp³-hybridized carbons (Fsp3) is 0.571. The molecule has 1 unspecified atom stereocenters. The summed E-state index contributed by atoms with van der Waals surface area (Å²) < 4.78 is 0. The molecule has 1 aliphatic heterocycles. The Morgan fingerprint density at radius 3 is 2.12 bits per heavy atom. The van der Waals surface area contributed by atoms with Crippen molar-refractivity contribution in [2.24, 2.45) is 0 Å². The van der Waals surface area contributed by atoms with Gasteiger partial charge in [0.05, 0.1) is 0 Å². The van der Waals surface area contributed by atoms with Gasteiger partial charge in [-0.25, -0.2) is 0 Å². The van der Waals surface area contributed by atoms with Gasteiger partial charge in [0.25, 0.3) is 0 Å². The van der Waals surface area contributed by atoms with Crippen LogP contribution in [-0.2, 0) is 0 Å². The summed E-state index contributed by atoms with van der Waals surface area (Å²) in [6.07, 6.45) is -0.460. The van der Waals surface area contributed by atoms with Gasteiger partial charge in [-0.15, -0.1) is 0 Å². The molecule has 3 heteroatoms. The van der Waals surface area contributed by atoms with E-state index < -0.39 is 6.23 Å². The van der Waals surface area contributed by atoms with Crippen molar-refractivity contribution in [3.05, 3.63) is 35.4 Å². The van der Waals surface area contributed by atoms with Crippen LogP contribution >= 0.6 is 0 Å². The normalized spacial score (nSPS) is 19.5. The molecule has 2 rings (SSSR count). The Balaban J connectivity index is 2.05. The van der Waals surface area contributed by atoms with Gasteiger partial charge in [0.15, 0.2) is 0 Å². The lowest BCUT2D eigenvalue weighted by Crippen LogP contribution is -2.45. The molecule has 1 aliphatic rings. The number of aliphatic hydroxyl groups is 1. The lowest BCUT2D eigenvalue weighted by Gasteiger charge is -2.31. The van der Waals surface area contributed by atoms with Gasteiger partial charge < -0.3 is 10.4 Å². The smallest absolute Gasteiger partial charge is 0.133 e. The predicted octanol–water partition coefficient (Wildman–Crippen LogP) is 1.71. The molecule has 1 atom stereocenters.